The van der Waals surface area contributed by atoms with Crippen LogP contribution in [0.15, 0.2) is 11.2 Å². The predicted molar refractivity (Wildman–Crippen MR) is 82.8 cm³/mol. The highest BCUT2D eigenvalue weighted by Gasteiger charge is 2.27. The molecular formula is C16H25N3O2. The van der Waals surface area contributed by atoms with Gasteiger partial charge in [0.2, 0.25) is 5.88 Å². The maximum atomic E-state index is 8.97. The topological polar surface area (TPSA) is 80.7 Å². The van der Waals surface area contributed by atoms with Crippen molar-refractivity contribution in [2.24, 2.45) is 22.7 Å². The zero-order valence-corrected chi connectivity index (χ0v) is 13.3. The highest BCUT2D eigenvalue weighted by Crippen LogP contribution is 2.32. The number of hydrogen-bond acceptors (Lipinski definition) is 4. The molecule has 0 aromatic carbocycles. The highest BCUT2D eigenvalue weighted by atomic mass is 16.5. The number of hydrogen-bond donors (Lipinski definition) is 2. The zero-order valence-electron chi connectivity index (χ0n) is 13.3. The Morgan fingerprint density at radius 3 is 2.67 bits per heavy atom. The van der Waals surface area contributed by atoms with E-state index in [-0.39, 0.29) is 11.9 Å². The second-order valence-corrected chi connectivity index (χ2v) is 6.25. The van der Waals surface area contributed by atoms with Crippen LogP contribution in [0.2, 0.25) is 0 Å². The predicted octanol–water partition coefficient (Wildman–Crippen LogP) is 3.00. The number of nitrogens with zero attached hydrogens (tertiary/aromatic N) is 2. The van der Waals surface area contributed by atoms with Gasteiger partial charge in [0, 0.05) is 5.69 Å². The van der Waals surface area contributed by atoms with Crippen molar-refractivity contribution in [3.05, 3.63) is 22.9 Å². The van der Waals surface area contributed by atoms with Gasteiger partial charge >= 0.3 is 0 Å². The minimum atomic E-state index is 0.0484. The fourth-order valence-electron chi connectivity index (χ4n) is 3.01. The largest absolute Gasteiger partial charge is 0.474 e. The van der Waals surface area contributed by atoms with Crippen LogP contribution < -0.4 is 10.5 Å². The Morgan fingerprint density at radius 2 is 2.05 bits per heavy atom. The maximum Gasteiger partial charge on any atom is 0.225 e. The molecule has 0 aliphatic heterocycles. The van der Waals surface area contributed by atoms with Gasteiger partial charge in [-0.25, -0.2) is 4.98 Å². The molecule has 0 amide bonds. The van der Waals surface area contributed by atoms with Crippen LogP contribution in [-0.4, -0.2) is 22.1 Å². The van der Waals surface area contributed by atoms with Crippen molar-refractivity contribution in [1.82, 2.24) is 4.98 Å². The summed E-state index contributed by atoms with van der Waals surface area (Å²) in [6, 6.07) is 1.91. The Morgan fingerprint density at radius 1 is 1.33 bits per heavy atom. The Hall–Kier alpha value is -1.78. The highest BCUT2D eigenvalue weighted by molar-refractivity contribution is 6.00. The van der Waals surface area contributed by atoms with E-state index in [2.05, 4.69) is 24.0 Å². The molecule has 3 unspecified atom stereocenters. The van der Waals surface area contributed by atoms with Crippen LogP contribution in [0.25, 0.3) is 0 Å². The summed E-state index contributed by atoms with van der Waals surface area (Å²) >= 11 is 0. The lowest BCUT2D eigenvalue weighted by atomic mass is 9.80. The maximum absolute atomic E-state index is 8.97. The molecule has 1 fully saturated rings. The average molecular weight is 291 g/mol. The summed E-state index contributed by atoms with van der Waals surface area (Å²) < 4.78 is 6.11. The molecule has 116 valence electrons. The van der Waals surface area contributed by atoms with Crippen LogP contribution in [-0.2, 0) is 0 Å². The first kappa shape index (κ1) is 15.6. The van der Waals surface area contributed by atoms with E-state index in [0.717, 1.165) is 36.4 Å². The van der Waals surface area contributed by atoms with Crippen molar-refractivity contribution in [2.75, 3.05) is 0 Å². The summed E-state index contributed by atoms with van der Waals surface area (Å²) in [6.07, 6.45) is 3.35. The smallest absolute Gasteiger partial charge is 0.225 e. The molecule has 0 saturated heterocycles. The van der Waals surface area contributed by atoms with E-state index in [1.807, 2.05) is 19.9 Å². The van der Waals surface area contributed by atoms with E-state index in [4.69, 9.17) is 15.7 Å². The van der Waals surface area contributed by atoms with Crippen molar-refractivity contribution in [3.63, 3.8) is 0 Å². The first-order chi connectivity index (χ1) is 9.92. The fourth-order valence-corrected chi connectivity index (χ4v) is 3.01. The lowest BCUT2D eigenvalue weighted by Gasteiger charge is -2.32. The van der Waals surface area contributed by atoms with Gasteiger partial charge < -0.3 is 15.7 Å². The van der Waals surface area contributed by atoms with Crippen LogP contribution in [0.5, 0.6) is 5.88 Å². The van der Waals surface area contributed by atoms with Crippen molar-refractivity contribution in [3.8, 4) is 5.88 Å². The summed E-state index contributed by atoms with van der Waals surface area (Å²) in [6.45, 7) is 8.39. The van der Waals surface area contributed by atoms with Crippen LogP contribution in [0.1, 0.15) is 49.9 Å². The normalized spacial score (nSPS) is 26.7. The zero-order chi connectivity index (χ0) is 15.6. The lowest BCUT2D eigenvalue weighted by Crippen LogP contribution is -2.30. The molecule has 0 spiro atoms. The monoisotopic (exact) mass is 291 g/mol. The van der Waals surface area contributed by atoms with Gasteiger partial charge in [-0.05, 0) is 56.6 Å². The van der Waals surface area contributed by atoms with E-state index in [1.54, 1.807) is 0 Å². The lowest BCUT2D eigenvalue weighted by molar-refractivity contribution is 0.0960. The van der Waals surface area contributed by atoms with Gasteiger partial charge in [-0.3, -0.25) is 0 Å². The number of nitrogens with two attached hydrogens (primary N) is 1. The van der Waals surface area contributed by atoms with E-state index in [1.165, 1.54) is 0 Å². The van der Waals surface area contributed by atoms with Gasteiger partial charge in [0.25, 0.3) is 0 Å². The Bertz CT molecular complexity index is 543. The molecule has 1 aromatic rings. The molecule has 5 heteroatoms. The second kappa shape index (κ2) is 6.33. The van der Waals surface area contributed by atoms with E-state index in [0.29, 0.717) is 17.4 Å². The van der Waals surface area contributed by atoms with Gasteiger partial charge in [0.1, 0.15) is 6.10 Å². The van der Waals surface area contributed by atoms with Crippen molar-refractivity contribution >= 4 is 5.84 Å². The molecule has 3 atom stereocenters. The summed E-state index contributed by atoms with van der Waals surface area (Å²) in [7, 11) is 0. The number of ether oxygens (including phenoxy) is 1. The van der Waals surface area contributed by atoms with Crippen molar-refractivity contribution < 1.29 is 9.94 Å². The summed E-state index contributed by atoms with van der Waals surface area (Å²) in [5.74, 6) is 1.91. The van der Waals surface area contributed by atoms with Crippen molar-refractivity contribution in [2.45, 2.75) is 53.1 Å². The number of aromatic nitrogens is 1. The van der Waals surface area contributed by atoms with Gasteiger partial charge in [-0.1, -0.05) is 19.0 Å². The van der Waals surface area contributed by atoms with Crippen LogP contribution in [0.4, 0.5) is 0 Å². The van der Waals surface area contributed by atoms with Crippen LogP contribution in [0.3, 0.4) is 0 Å². The van der Waals surface area contributed by atoms with Gasteiger partial charge in [0.15, 0.2) is 5.84 Å². The SMILES string of the molecule is Cc1cc(C)c(C(N)=NO)c(OC2CCC(C)C(C)C2)n1. The van der Waals surface area contributed by atoms with Crippen molar-refractivity contribution in [1.29, 1.82) is 0 Å². The summed E-state index contributed by atoms with van der Waals surface area (Å²) in [4.78, 5) is 4.45. The third-order valence-electron chi connectivity index (χ3n) is 4.50. The molecule has 0 bridgehead atoms. The number of oxime groups is 1. The minimum absolute atomic E-state index is 0.0484. The first-order valence-corrected chi connectivity index (χ1v) is 7.55. The summed E-state index contributed by atoms with van der Waals surface area (Å²) in [5.41, 5.74) is 8.15. The molecule has 21 heavy (non-hydrogen) atoms. The second-order valence-electron chi connectivity index (χ2n) is 6.25. The fraction of sp³-hybridized carbons (Fsp3) is 0.625. The van der Waals surface area contributed by atoms with Gasteiger partial charge in [-0.15, -0.1) is 0 Å². The molecule has 1 heterocycles. The molecule has 0 radical (unpaired) electrons. The molecule has 1 aliphatic rings. The van der Waals surface area contributed by atoms with Crippen LogP contribution in [0, 0.1) is 25.7 Å². The first-order valence-electron chi connectivity index (χ1n) is 7.55. The Labute approximate surface area is 126 Å². The molecule has 5 nitrogen and oxygen atoms in total. The Kier molecular flexibility index (Phi) is 4.70. The number of amidine groups is 1. The number of rotatable bonds is 3. The number of aryl methyl sites for hydroxylation is 2. The van der Waals surface area contributed by atoms with Crippen LogP contribution >= 0.6 is 0 Å². The van der Waals surface area contributed by atoms with E-state index < -0.39 is 0 Å². The molecule has 3 N–H and O–H groups in total. The summed E-state index contributed by atoms with van der Waals surface area (Å²) in [5, 5.41) is 12.1. The Balaban J connectivity index is 2.27. The van der Waals surface area contributed by atoms with E-state index >= 15 is 0 Å². The van der Waals surface area contributed by atoms with Gasteiger partial charge in [-0.2, -0.15) is 0 Å². The molecule has 1 aromatic heterocycles. The standard InChI is InChI=1S/C16H25N3O2/c1-9-5-6-13(8-10(9)2)21-16-14(15(17)19-20)11(3)7-12(4)18-16/h7,9-10,13,20H,5-6,8H2,1-4H3,(H2,17,19). The molecule has 1 saturated carbocycles. The number of pyridine rings is 1. The molecule has 2 rings (SSSR count). The minimum Gasteiger partial charge on any atom is -0.474 e. The molecular weight excluding hydrogens is 266 g/mol. The third kappa shape index (κ3) is 3.46. The quantitative estimate of drug-likeness (QED) is 0.388. The average Bonchev–Trinajstić information content (AvgIpc) is 2.41. The van der Waals surface area contributed by atoms with E-state index in [9.17, 15) is 0 Å². The van der Waals surface area contributed by atoms with Gasteiger partial charge in [0.05, 0.1) is 5.56 Å². The third-order valence-corrected chi connectivity index (χ3v) is 4.50. The molecule has 1 aliphatic carbocycles.